The van der Waals surface area contributed by atoms with Crippen LogP contribution in [0.15, 0.2) is 36.4 Å². The fourth-order valence-electron chi connectivity index (χ4n) is 1.91. The summed E-state index contributed by atoms with van der Waals surface area (Å²) >= 11 is 11.9. The molecular formula is C16H16Cl2FNO. The minimum absolute atomic E-state index is 0.0211. The van der Waals surface area contributed by atoms with E-state index in [1.165, 1.54) is 12.1 Å². The van der Waals surface area contributed by atoms with Crippen LogP contribution in [-0.4, -0.2) is 6.04 Å². The second-order valence-electron chi connectivity index (χ2n) is 4.78. The van der Waals surface area contributed by atoms with Crippen molar-refractivity contribution in [3.05, 3.63) is 57.8 Å². The number of ether oxygens (including phenoxy) is 1. The molecule has 0 heterocycles. The highest BCUT2D eigenvalue weighted by Gasteiger charge is 2.13. The van der Waals surface area contributed by atoms with E-state index in [9.17, 15) is 4.39 Å². The molecule has 1 atom stereocenters. The number of nitrogens with two attached hydrogens (primary N) is 1. The quantitative estimate of drug-likeness (QED) is 0.818. The maximum atomic E-state index is 13.5. The zero-order valence-electron chi connectivity index (χ0n) is 11.6. The molecule has 0 bridgehead atoms. The Bertz CT molecular complexity index is 634. The molecule has 0 aliphatic rings. The molecule has 0 aromatic heterocycles. The van der Waals surface area contributed by atoms with Crippen LogP contribution in [-0.2, 0) is 6.42 Å². The van der Waals surface area contributed by atoms with Gasteiger partial charge >= 0.3 is 0 Å². The van der Waals surface area contributed by atoms with Crippen LogP contribution >= 0.6 is 23.2 Å². The number of hydrogen-bond acceptors (Lipinski definition) is 2. The number of halogens is 3. The van der Waals surface area contributed by atoms with Gasteiger partial charge in [-0.3, -0.25) is 0 Å². The Morgan fingerprint density at radius 3 is 2.62 bits per heavy atom. The van der Waals surface area contributed by atoms with Gasteiger partial charge in [-0.25, -0.2) is 4.39 Å². The minimum atomic E-state index is -0.534. The number of benzene rings is 2. The Morgan fingerprint density at radius 1 is 1.19 bits per heavy atom. The van der Waals surface area contributed by atoms with Gasteiger partial charge < -0.3 is 10.5 Å². The molecular weight excluding hydrogens is 312 g/mol. The van der Waals surface area contributed by atoms with Gasteiger partial charge in [0.25, 0.3) is 0 Å². The van der Waals surface area contributed by atoms with Gasteiger partial charge in [-0.2, -0.15) is 0 Å². The summed E-state index contributed by atoms with van der Waals surface area (Å²) in [5.74, 6) is 0.314. The molecule has 2 rings (SSSR count). The third-order valence-electron chi connectivity index (χ3n) is 3.17. The zero-order valence-corrected chi connectivity index (χ0v) is 13.1. The SMILES string of the molecule is CCC(N)Cc1cccc(Cl)c1Oc1ccc(Cl)c(F)c1. The molecule has 5 heteroatoms. The third kappa shape index (κ3) is 4.10. The van der Waals surface area contributed by atoms with Crippen molar-refractivity contribution in [2.45, 2.75) is 25.8 Å². The molecule has 1 unspecified atom stereocenters. The first-order chi connectivity index (χ1) is 10.0. The van der Waals surface area contributed by atoms with Crippen molar-refractivity contribution >= 4 is 23.2 Å². The minimum Gasteiger partial charge on any atom is -0.455 e. The van der Waals surface area contributed by atoms with Crippen LogP contribution in [0.4, 0.5) is 4.39 Å². The maximum absolute atomic E-state index is 13.5. The van der Waals surface area contributed by atoms with Crippen LogP contribution in [0.2, 0.25) is 10.0 Å². The van der Waals surface area contributed by atoms with Crippen molar-refractivity contribution in [1.82, 2.24) is 0 Å². The van der Waals surface area contributed by atoms with E-state index >= 15 is 0 Å². The second-order valence-corrected chi connectivity index (χ2v) is 5.59. The summed E-state index contributed by atoms with van der Waals surface area (Å²) in [6, 6.07) is 9.77. The fourth-order valence-corrected chi connectivity index (χ4v) is 2.26. The van der Waals surface area contributed by atoms with Crippen LogP contribution in [0.3, 0.4) is 0 Å². The monoisotopic (exact) mass is 327 g/mol. The molecule has 0 aliphatic carbocycles. The van der Waals surface area contributed by atoms with Gasteiger partial charge in [-0.1, -0.05) is 42.3 Å². The second kappa shape index (κ2) is 7.12. The summed E-state index contributed by atoms with van der Waals surface area (Å²) in [5.41, 5.74) is 6.88. The number of rotatable bonds is 5. The lowest BCUT2D eigenvalue weighted by atomic mass is 10.0. The maximum Gasteiger partial charge on any atom is 0.149 e. The molecule has 0 amide bonds. The van der Waals surface area contributed by atoms with Crippen molar-refractivity contribution in [2.24, 2.45) is 5.73 Å². The molecule has 2 N–H and O–H groups in total. The van der Waals surface area contributed by atoms with E-state index in [1.807, 2.05) is 19.1 Å². The summed E-state index contributed by atoms with van der Waals surface area (Å²) in [4.78, 5) is 0. The van der Waals surface area contributed by atoms with Gasteiger partial charge in [0.05, 0.1) is 10.0 Å². The average Bonchev–Trinajstić information content (AvgIpc) is 2.46. The lowest BCUT2D eigenvalue weighted by Gasteiger charge is -2.15. The molecule has 0 saturated carbocycles. The standard InChI is InChI=1S/C16H16Cl2FNO/c1-2-11(20)8-10-4-3-5-14(18)16(10)21-12-6-7-13(17)15(19)9-12/h3-7,9,11H,2,8,20H2,1H3. The molecule has 112 valence electrons. The summed E-state index contributed by atoms with van der Waals surface area (Å²) in [5, 5.41) is 0.515. The van der Waals surface area contributed by atoms with Gasteiger partial charge in [0.15, 0.2) is 0 Å². The largest absolute Gasteiger partial charge is 0.455 e. The van der Waals surface area contributed by atoms with Crippen molar-refractivity contribution < 1.29 is 9.13 Å². The summed E-state index contributed by atoms with van der Waals surface area (Å²) in [6.45, 7) is 2.02. The lowest BCUT2D eigenvalue weighted by Crippen LogP contribution is -2.21. The molecule has 0 fully saturated rings. The molecule has 2 nitrogen and oxygen atoms in total. The van der Waals surface area contributed by atoms with Crippen molar-refractivity contribution in [3.8, 4) is 11.5 Å². The van der Waals surface area contributed by atoms with Crippen molar-refractivity contribution in [2.75, 3.05) is 0 Å². The first kappa shape index (κ1) is 16.1. The highest BCUT2D eigenvalue weighted by atomic mass is 35.5. The van der Waals surface area contributed by atoms with E-state index in [2.05, 4.69) is 0 Å². The number of hydrogen-bond donors (Lipinski definition) is 1. The topological polar surface area (TPSA) is 35.2 Å². The predicted molar refractivity (Wildman–Crippen MR) is 84.9 cm³/mol. The number of para-hydroxylation sites is 1. The first-order valence-electron chi connectivity index (χ1n) is 6.67. The Balaban J connectivity index is 2.31. The van der Waals surface area contributed by atoms with Crippen LogP contribution in [0.1, 0.15) is 18.9 Å². The van der Waals surface area contributed by atoms with E-state index in [0.29, 0.717) is 22.9 Å². The molecule has 0 radical (unpaired) electrons. The van der Waals surface area contributed by atoms with E-state index < -0.39 is 5.82 Å². The van der Waals surface area contributed by atoms with Crippen LogP contribution in [0.25, 0.3) is 0 Å². The van der Waals surface area contributed by atoms with E-state index in [1.54, 1.807) is 12.1 Å². The summed E-state index contributed by atoms with van der Waals surface area (Å²) in [7, 11) is 0. The van der Waals surface area contributed by atoms with Crippen LogP contribution in [0.5, 0.6) is 11.5 Å². The Morgan fingerprint density at radius 2 is 1.95 bits per heavy atom. The highest BCUT2D eigenvalue weighted by molar-refractivity contribution is 6.32. The smallest absolute Gasteiger partial charge is 0.149 e. The Labute approximate surface area is 133 Å². The van der Waals surface area contributed by atoms with Gasteiger partial charge in [-0.15, -0.1) is 0 Å². The van der Waals surface area contributed by atoms with Gasteiger partial charge in [-0.05, 0) is 36.6 Å². The van der Waals surface area contributed by atoms with Gasteiger partial charge in [0.1, 0.15) is 17.3 Å². The van der Waals surface area contributed by atoms with Crippen LogP contribution < -0.4 is 10.5 Å². The lowest BCUT2D eigenvalue weighted by molar-refractivity contribution is 0.467. The average molecular weight is 328 g/mol. The fraction of sp³-hybridized carbons (Fsp3) is 0.250. The molecule has 2 aromatic rings. The molecule has 0 spiro atoms. The zero-order chi connectivity index (χ0) is 15.4. The van der Waals surface area contributed by atoms with E-state index in [4.69, 9.17) is 33.7 Å². The first-order valence-corrected chi connectivity index (χ1v) is 7.42. The van der Waals surface area contributed by atoms with Gasteiger partial charge in [0, 0.05) is 12.1 Å². The van der Waals surface area contributed by atoms with E-state index in [0.717, 1.165) is 12.0 Å². The Hall–Kier alpha value is -1.29. The summed E-state index contributed by atoms with van der Waals surface area (Å²) in [6.07, 6.45) is 1.49. The molecule has 0 aliphatic heterocycles. The highest BCUT2D eigenvalue weighted by Crippen LogP contribution is 2.34. The Kier molecular flexibility index (Phi) is 5.45. The van der Waals surface area contributed by atoms with E-state index in [-0.39, 0.29) is 11.1 Å². The molecule has 0 saturated heterocycles. The normalized spacial score (nSPS) is 12.2. The summed E-state index contributed by atoms with van der Waals surface area (Å²) < 4.78 is 19.2. The van der Waals surface area contributed by atoms with Crippen molar-refractivity contribution in [1.29, 1.82) is 0 Å². The molecule has 21 heavy (non-hydrogen) atoms. The molecule has 2 aromatic carbocycles. The third-order valence-corrected chi connectivity index (χ3v) is 3.77. The van der Waals surface area contributed by atoms with Crippen molar-refractivity contribution in [3.63, 3.8) is 0 Å². The van der Waals surface area contributed by atoms with Gasteiger partial charge in [0.2, 0.25) is 0 Å². The predicted octanol–water partition coefficient (Wildman–Crippen LogP) is 5.20. The van der Waals surface area contributed by atoms with Crippen LogP contribution in [0, 0.1) is 5.82 Å².